The molecule has 0 radical (unpaired) electrons. The number of likely N-dealkylation sites (tertiary alicyclic amines) is 1. The number of carbonyl (C=O) groups is 1. The first kappa shape index (κ1) is 9.16. The third kappa shape index (κ3) is 2.49. The minimum absolute atomic E-state index is 0. The van der Waals surface area contributed by atoms with Crippen LogP contribution in [0.3, 0.4) is 0 Å². The molecular weight excluding hydrogens is 286 g/mol. The summed E-state index contributed by atoms with van der Waals surface area (Å²) in [5.41, 5.74) is 0. The van der Waals surface area contributed by atoms with Crippen molar-refractivity contribution in [2.75, 3.05) is 13.1 Å². The van der Waals surface area contributed by atoms with Crippen LogP contribution in [0.15, 0.2) is 0 Å². The molecule has 0 aromatic heterocycles. The molecule has 0 unspecified atom stereocenters. The zero-order valence-electron chi connectivity index (χ0n) is 5.46. The summed E-state index contributed by atoms with van der Waals surface area (Å²) in [5, 5.41) is 0. The molecule has 1 fully saturated rings. The van der Waals surface area contributed by atoms with Crippen molar-refractivity contribution < 1.29 is 25.9 Å². The molecule has 0 aromatic rings. The number of hydrogen-bond donors (Lipinski definition) is 0. The van der Waals surface area contributed by atoms with E-state index in [0.717, 1.165) is 19.5 Å². The van der Waals surface area contributed by atoms with Crippen molar-refractivity contribution in [2.24, 2.45) is 0 Å². The van der Waals surface area contributed by atoms with Gasteiger partial charge in [-0.25, -0.2) is 0 Å². The first-order chi connectivity index (χ1) is 3.80. The zero-order valence-corrected chi connectivity index (χ0v) is 8.40. The van der Waals surface area contributed by atoms with Crippen LogP contribution < -0.4 is 0 Å². The molecule has 0 saturated carbocycles. The molecular formula is C6H10NOW-. The van der Waals surface area contributed by atoms with Gasteiger partial charge in [0, 0.05) is 28.0 Å². The Morgan fingerprint density at radius 2 is 2.33 bits per heavy atom. The van der Waals surface area contributed by atoms with Gasteiger partial charge in [-0.15, -0.1) is 6.54 Å². The third-order valence-corrected chi connectivity index (χ3v) is 1.40. The fourth-order valence-corrected chi connectivity index (χ4v) is 0.872. The standard InChI is InChI=1S/C6H10NO.W/c1-6(8)7-4-2-3-5-7;/h2H,3-5H2,1H3;/q-1;. The minimum Gasteiger partial charge on any atom is -0.375 e. The van der Waals surface area contributed by atoms with Crippen LogP contribution in [0.25, 0.3) is 0 Å². The Kier molecular flexibility index (Phi) is 4.12. The zero-order chi connectivity index (χ0) is 5.98. The molecule has 2 nitrogen and oxygen atoms in total. The van der Waals surface area contributed by atoms with Gasteiger partial charge in [0.15, 0.2) is 0 Å². The number of hydrogen-bond acceptors (Lipinski definition) is 1. The van der Waals surface area contributed by atoms with E-state index in [1.54, 1.807) is 6.92 Å². The van der Waals surface area contributed by atoms with E-state index in [0.29, 0.717) is 0 Å². The maximum Gasteiger partial charge on any atom is 0.216 e. The molecule has 3 heteroatoms. The van der Waals surface area contributed by atoms with E-state index in [2.05, 4.69) is 6.42 Å². The second-order valence-electron chi connectivity index (χ2n) is 2.04. The van der Waals surface area contributed by atoms with Crippen molar-refractivity contribution in [1.82, 2.24) is 4.90 Å². The van der Waals surface area contributed by atoms with Crippen molar-refractivity contribution in [3.8, 4) is 0 Å². The van der Waals surface area contributed by atoms with Gasteiger partial charge < -0.3 is 11.3 Å². The van der Waals surface area contributed by atoms with Gasteiger partial charge in [-0.1, -0.05) is 0 Å². The van der Waals surface area contributed by atoms with E-state index in [1.807, 2.05) is 4.90 Å². The van der Waals surface area contributed by atoms with Crippen molar-refractivity contribution in [2.45, 2.75) is 13.3 Å². The minimum atomic E-state index is 0. The molecule has 0 aliphatic carbocycles. The van der Waals surface area contributed by atoms with Crippen molar-refractivity contribution in [1.29, 1.82) is 0 Å². The van der Waals surface area contributed by atoms with Gasteiger partial charge in [-0.3, -0.25) is 4.79 Å². The molecule has 0 atom stereocenters. The van der Waals surface area contributed by atoms with Crippen LogP contribution in [0.5, 0.6) is 0 Å². The number of nitrogens with zero attached hydrogens (tertiary/aromatic N) is 1. The summed E-state index contributed by atoms with van der Waals surface area (Å²) in [5.74, 6) is 0.193. The predicted molar refractivity (Wildman–Crippen MR) is 31.2 cm³/mol. The molecule has 1 heterocycles. The Morgan fingerprint density at radius 1 is 1.67 bits per heavy atom. The summed E-state index contributed by atoms with van der Waals surface area (Å²) in [4.78, 5) is 12.4. The average molecular weight is 296 g/mol. The van der Waals surface area contributed by atoms with E-state index in [1.165, 1.54) is 0 Å². The maximum atomic E-state index is 10.6. The molecule has 9 heavy (non-hydrogen) atoms. The summed E-state index contributed by atoms with van der Waals surface area (Å²) in [6.07, 6.45) is 3.20. The number of rotatable bonds is 0. The van der Waals surface area contributed by atoms with E-state index in [9.17, 15) is 4.79 Å². The van der Waals surface area contributed by atoms with Crippen molar-refractivity contribution in [3.63, 3.8) is 0 Å². The molecule has 1 aliphatic heterocycles. The van der Waals surface area contributed by atoms with Gasteiger partial charge in [0.1, 0.15) is 0 Å². The summed E-state index contributed by atoms with van der Waals surface area (Å²) < 4.78 is 0. The van der Waals surface area contributed by atoms with Crippen LogP contribution in [0.2, 0.25) is 0 Å². The molecule has 0 bridgehead atoms. The van der Waals surface area contributed by atoms with Crippen LogP contribution in [0.4, 0.5) is 0 Å². The van der Waals surface area contributed by atoms with Crippen LogP contribution in [-0.4, -0.2) is 23.9 Å². The largest absolute Gasteiger partial charge is 0.375 e. The van der Waals surface area contributed by atoms with Crippen LogP contribution in [0, 0.1) is 6.42 Å². The first-order valence-electron chi connectivity index (χ1n) is 2.88. The summed E-state index contributed by atoms with van der Waals surface area (Å²) >= 11 is 0. The van der Waals surface area contributed by atoms with Crippen LogP contribution >= 0.6 is 0 Å². The summed E-state index contributed by atoms with van der Waals surface area (Å²) in [6.45, 7) is 3.39. The molecule has 52 valence electrons. The van der Waals surface area contributed by atoms with Gasteiger partial charge in [0.05, 0.1) is 0 Å². The van der Waals surface area contributed by atoms with E-state index in [-0.39, 0.29) is 27.0 Å². The van der Waals surface area contributed by atoms with E-state index >= 15 is 0 Å². The molecule has 1 amide bonds. The Labute approximate surface area is 69.9 Å². The average Bonchev–Trinajstić information content (AvgIpc) is 2.12. The predicted octanol–water partition coefficient (Wildman–Crippen LogP) is 0.440. The van der Waals surface area contributed by atoms with E-state index in [4.69, 9.17) is 0 Å². The monoisotopic (exact) mass is 296 g/mol. The van der Waals surface area contributed by atoms with Gasteiger partial charge in [0.2, 0.25) is 5.91 Å². The SMILES string of the molecule is CC(=O)N1C[CH-]CC1.[W]. The fraction of sp³-hybridized carbons (Fsp3) is 0.667. The Balaban J connectivity index is 0.000000640. The van der Waals surface area contributed by atoms with Crippen molar-refractivity contribution in [3.05, 3.63) is 6.42 Å². The molecule has 1 rings (SSSR count). The van der Waals surface area contributed by atoms with Gasteiger partial charge >= 0.3 is 0 Å². The van der Waals surface area contributed by atoms with Crippen LogP contribution in [0.1, 0.15) is 13.3 Å². The maximum absolute atomic E-state index is 10.6. The second-order valence-corrected chi connectivity index (χ2v) is 2.04. The van der Waals surface area contributed by atoms with Gasteiger partial charge in [-0.2, -0.15) is 6.42 Å². The Morgan fingerprint density at radius 3 is 2.56 bits per heavy atom. The fourth-order valence-electron chi connectivity index (χ4n) is 0.872. The Bertz CT molecular complexity index is 99.2. The smallest absolute Gasteiger partial charge is 0.216 e. The van der Waals surface area contributed by atoms with Crippen LogP contribution in [-0.2, 0) is 25.9 Å². The van der Waals surface area contributed by atoms with Gasteiger partial charge in [-0.05, 0) is 6.54 Å². The number of carbonyl (C=O) groups excluding carboxylic acids is 1. The van der Waals surface area contributed by atoms with Crippen molar-refractivity contribution >= 4 is 5.91 Å². The number of amides is 1. The quantitative estimate of drug-likeness (QED) is 0.594. The second kappa shape index (κ2) is 4.05. The molecule has 1 aliphatic rings. The van der Waals surface area contributed by atoms with E-state index < -0.39 is 0 Å². The molecule has 0 spiro atoms. The molecule has 0 N–H and O–H groups in total. The normalized spacial score (nSPS) is 17.2. The topological polar surface area (TPSA) is 20.3 Å². The third-order valence-electron chi connectivity index (χ3n) is 1.40. The molecule has 1 saturated heterocycles. The first-order valence-corrected chi connectivity index (χ1v) is 2.88. The Hall–Kier alpha value is 0.158. The molecule has 0 aromatic carbocycles. The summed E-state index contributed by atoms with van der Waals surface area (Å²) in [6, 6.07) is 0. The summed E-state index contributed by atoms with van der Waals surface area (Å²) in [7, 11) is 0. The van der Waals surface area contributed by atoms with Gasteiger partial charge in [0.25, 0.3) is 0 Å².